The molecule has 110 valence electrons. The van der Waals surface area contributed by atoms with Crippen LogP contribution in [-0.4, -0.2) is 31.6 Å². The van der Waals surface area contributed by atoms with E-state index in [1.807, 2.05) is 0 Å². The second-order valence-electron chi connectivity index (χ2n) is 5.26. The molecule has 6 nitrogen and oxygen atoms in total. The fourth-order valence-electron chi connectivity index (χ4n) is 2.30. The first-order valence-electron chi connectivity index (χ1n) is 6.59. The van der Waals surface area contributed by atoms with Crippen molar-refractivity contribution < 1.29 is 13.2 Å². The highest BCUT2D eigenvalue weighted by atomic mass is 32.2. The summed E-state index contributed by atoms with van der Waals surface area (Å²) in [7, 11) is -3.31. The monoisotopic (exact) mass is 297 g/mol. The number of carbonyl (C=O) groups is 1. The number of nitrogens with zero attached hydrogens (tertiary/aromatic N) is 1. The molecule has 1 aromatic rings. The molecule has 20 heavy (non-hydrogen) atoms. The molecule has 1 aliphatic carbocycles. The first-order chi connectivity index (χ1) is 9.36. The summed E-state index contributed by atoms with van der Waals surface area (Å²) in [6, 6.07) is 3.15. The van der Waals surface area contributed by atoms with Crippen LogP contribution in [0.1, 0.15) is 25.7 Å². The van der Waals surface area contributed by atoms with Gasteiger partial charge in [0.2, 0.25) is 5.91 Å². The molecule has 0 aromatic carbocycles. The van der Waals surface area contributed by atoms with Crippen molar-refractivity contribution in [1.29, 1.82) is 0 Å². The first-order valence-corrected chi connectivity index (χ1v) is 8.48. The summed E-state index contributed by atoms with van der Waals surface area (Å²) in [6.07, 6.45) is 5.78. The number of nitrogens with two attached hydrogens (primary N) is 1. The van der Waals surface area contributed by atoms with Crippen molar-refractivity contribution in [2.45, 2.75) is 36.8 Å². The zero-order valence-corrected chi connectivity index (χ0v) is 12.2. The van der Waals surface area contributed by atoms with Gasteiger partial charge in [-0.05, 0) is 37.8 Å². The van der Waals surface area contributed by atoms with Crippen molar-refractivity contribution in [3.63, 3.8) is 0 Å². The van der Waals surface area contributed by atoms with Crippen molar-refractivity contribution in [1.82, 2.24) is 4.98 Å². The van der Waals surface area contributed by atoms with Crippen LogP contribution in [0.25, 0.3) is 0 Å². The van der Waals surface area contributed by atoms with Crippen LogP contribution >= 0.6 is 0 Å². The van der Waals surface area contributed by atoms with E-state index < -0.39 is 9.84 Å². The van der Waals surface area contributed by atoms with Gasteiger partial charge in [0.15, 0.2) is 14.9 Å². The quantitative estimate of drug-likeness (QED) is 0.864. The Balaban J connectivity index is 1.98. The minimum absolute atomic E-state index is 0.000797. The lowest BCUT2D eigenvalue weighted by Crippen LogP contribution is -2.32. The molecule has 7 heteroatoms. The number of nitrogens with one attached hydrogen (secondary N) is 1. The van der Waals surface area contributed by atoms with Crippen LogP contribution in [0.4, 0.5) is 5.69 Å². The SMILES string of the molecule is CS(=O)(=O)c1ccc(NC(=O)C2CCC(N)CC2)cn1. The van der Waals surface area contributed by atoms with E-state index >= 15 is 0 Å². The number of anilines is 1. The van der Waals surface area contributed by atoms with Crippen LogP contribution in [0.5, 0.6) is 0 Å². The summed E-state index contributed by atoms with van der Waals surface area (Å²) >= 11 is 0. The van der Waals surface area contributed by atoms with Crippen molar-refractivity contribution in [3.8, 4) is 0 Å². The fourth-order valence-corrected chi connectivity index (χ4v) is 2.86. The largest absolute Gasteiger partial charge is 0.328 e. The van der Waals surface area contributed by atoms with Gasteiger partial charge < -0.3 is 11.1 Å². The van der Waals surface area contributed by atoms with E-state index in [0.717, 1.165) is 31.9 Å². The van der Waals surface area contributed by atoms with Gasteiger partial charge in [0.1, 0.15) is 0 Å². The van der Waals surface area contributed by atoms with Gasteiger partial charge in [-0.25, -0.2) is 13.4 Å². The van der Waals surface area contributed by atoms with Gasteiger partial charge in [0.25, 0.3) is 0 Å². The van der Waals surface area contributed by atoms with E-state index in [1.165, 1.54) is 12.3 Å². The average Bonchev–Trinajstić information content (AvgIpc) is 2.39. The van der Waals surface area contributed by atoms with Crippen molar-refractivity contribution in [2.75, 3.05) is 11.6 Å². The Morgan fingerprint density at radius 3 is 2.45 bits per heavy atom. The number of hydrogen-bond acceptors (Lipinski definition) is 5. The van der Waals surface area contributed by atoms with Crippen molar-refractivity contribution in [2.24, 2.45) is 11.7 Å². The maximum absolute atomic E-state index is 12.1. The molecular formula is C13H19N3O3S. The highest BCUT2D eigenvalue weighted by Crippen LogP contribution is 2.24. The summed E-state index contributed by atoms with van der Waals surface area (Å²) in [4.78, 5) is 15.9. The van der Waals surface area contributed by atoms with Crippen molar-refractivity contribution in [3.05, 3.63) is 18.3 Å². The van der Waals surface area contributed by atoms with Crippen LogP contribution < -0.4 is 11.1 Å². The molecule has 0 spiro atoms. The molecule has 1 aromatic heterocycles. The molecule has 0 atom stereocenters. The van der Waals surface area contributed by atoms with E-state index in [-0.39, 0.29) is 22.9 Å². The molecule has 2 rings (SSSR count). The molecule has 1 fully saturated rings. The maximum atomic E-state index is 12.1. The Morgan fingerprint density at radius 2 is 1.95 bits per heavy atom. The number of rotatable bonds is 3. The Morgan fingerprint density at radius 1 is 1.30 bits per heavy atom. The van der Waals surface area contributed by atoms with Crippen LogP contribution in [-0.2, 0) is 14.6 Å². The molecule has 0 bridgehead atoms. The van der Waals surface area contributed by atoms with E-state index in [1.54, 1.807) is 6.07 Å². The maximum Gasteiger partial charge on any atom is 0.227 e. The van der Waals surface area contributed by atoms with Gasteiger partial charge in [0.05, 0.1) is 11.9 Å². The summed E-state index contributed by atoms with van der Waals surface area (Å²) in [5.74, 6) is -0.0739. The third kappa shape index (κ3) is 3.77. The molecule has 0 saturated heterocycles. The third-order valence-electron chi connectivity index (χ3n) is 3.53. The average molecular weight is 297 g/mol. The van der Waals surface area contributed by atoms with Crippen LogP contribution in [0.15, 0.2) is 23.4 Å². The molecular weight excluding hydrogens is 278 g/mol. The predicted molar refractivity (Wildman–Crippen MR) is 75.9 cm³/mol. The topological polar surface area (TPSA) is 102 Å². The summed E-state index contributed by atoms with van der Waals surface area (Å²) in [5.41, 5.74) is 6.32. The summed E-state index contributed by atoms with van der Waals surface area (Å²) in [5, 5.41) is 2.77. The molecule has 1 aliphatic rings. The number of sulfone groups is 1. The zero-order valence-electron chi connectivity index (χ0n) is 11.4. The highest BCUT2D eigenvalue weighted by Gasteiger charge is 2.24. The zero-order chi connectivity index (χ0) is 14.8. The van der Waals surface area contributed by atoms with Crippen molar-refractivity contribution >= 4 is 21.4 Å². The Labute approximate surface area is 118 Å². The summed E-state index contributed by atoms with van der Waals surface area (Å²) in [6.45, 7) is 0. The smallest absolute Gasteiger partial charge is 0.227 e. The molecule has 3 N–H and O–H groups in total. The Bertz CT molecular complexity index is 575. The van der Waals surface area contributed by atoms with Gasteiger partial charge >= 0.3 is 0 Å². The second-order valence-corrected chi connectivity index (χ2v) is 7.22. The van der Waals surface area contributed by atoms with E-state index in [0.29, 0.717) is 5.69 Å². The van der Waals surface area contributed by atoms with Crippen LogP contribution in [0.3, 0.4) is 0 Å². The van der Waals surface area contributed by atoms with E-state index in [9.17, 15) is 13.2 Å². The number of carbonyl (C=O) groups excluding carboxylic acids is 1. The van der Waals surface area contributed by atoms with E-state index in [2.05, 4.69) is 10.3 Å². The van der Waals surface area contributed by atoms with Gasteiger partial charge in [-0.2, -0.15) is 0 Å². The molecule has 1 amide bonds. The Hall–Kier alpha value is -1.47. The summed E-state index contributed by atoms with van der Waals surface area (Å²) < 4.78 is 22.6. The Kier molecular flexibility index (Phi) is 4.39. The highest BCUT2D eigenvalue weighted by molar-refractivity contribution is 7.90. The lowest BCUT2D eigenvalue weighted by Gasteiger charge is -2.25. The van der Waals surface area contributed by atoms with Gasteiger partial charge in [-0.3, -0.25) is 4.79 Å². The minimum atomic E-state index is -3.31. The number of hydrogen-bond donors (Lipinski definition) is 2. The molecule has 0 aliphatic heterocycles. The lowest BCUT2D eigenvalue weighted by atomic mass is 9.86. The standard InChI is InChI=1S/C13H19N3O3S/c1-20(18,19)12-7-6-11(8-15-12)16-13(17)9-2-4-10(14)5-3-9/h6-10H,2-5,14H2,1H3,(H,16,17). The minimum Gasteiger partial charge on any atom is -0.328 e. The number of aromatic nitrogens is 1. The van der Waals surface area contributed by atoms with Gasteiger partial charge in [-0.1, -0.05) is 0 Å². The van der Waals surface area contributed by atoms with Gasteiger partial charge in [-0.15, -0.1) is 0 Å². The number of amides is 1. The second kappa shape index (κ2) is 5.88. The first kappa shape index (κ1) is 14.9. The normalized spacial score (nSPS) is 23.3. The molecule has 1 saturated carbocycles. The molecule has 0 radical (unpaired) electrons. The third-order valence-corrected chi connectivity index (χ3v) is 4.53. The van der Waals surface area contributed by atoms with Crippen LogP contribution in [0, 0.1) is 5.92 Å². The molecule has 0 unspecified atom stereocenters. The number of pyridine rings is 1. The van der Waals surface area contributed by atoms with Gasteiger partial charge in [0, 0.05) is 18.2 Å². The lowest BCUT2D eigenvalue weighted by molar-refractivity contribution is -0.120. The predicted octanol–water partition coefficient (Wildman–Crippen LogP) is 0.941. The van der Waals surface area contributed by atoms with E-state index in [4.69, 9.17) is 5.73 Å². The van der Waals surface area contributed by atoms with Crippen LogP contribution in [0.2, 0.25) is 0 Å². The molecule has 1 heterocycles. The fraction of sp³-hybridized carbons (Fsp3) is 0.538.